The van der Waals surface area contributed by atoms with Crippen molar-refractivity contribution in [2.24, 2.45) is 5.14 Å². The molecular weight excluding hydrogens is 290 g/mol. The van der Waals surface area contributed by atoms with Gasteiger partial charge in [0.25, 0.3) is 10.2 Å². The second-order valence-electron chi connectivity index (χ2n) is 4.21. The van der Waals surface area contributed by atoms with Gasteiger partial charge in [0.15, 0.2) is 0 Å². The molecular formula is C14H13N3O3S. The molecule has 0 saturated heterocycles. The van der Waals surface area contributed by atoms with Gasteiger partial charge in [0.1, 0.15) is 24.0 Å². The molecule has 0 aliphatic rings. The predicted octanol–water partition coefficient (Wildman–Crippen LogP) is 1.75. The molecule has 108 valence electrons. The standard InChI is InChI=1S/C14H13N3O3S/c15-9-12-13(17-21(16,18)19)7-4-8-14(12)20-10-11-5-2-1-3-6-11/h1-8,17H,10H2,(H2,16,18,19). The van der Waals surface area contributed by atoms with Crippen molar-refractivity contribution in [2.75, 3.05) is 4.72 Å². The van der Waals surface area contributed by atoms with E-state index in [9.17, 15) is 13.7 Å². The van der Waals surface area contributed by atoms with Gasteiger partial charge in [-0.25, -0.2) is 5.14 Å². The van der Waals surface area contributed by atoms with E-state index in [1.165, 1.54) is 6.07 Å². The third kappa shape index (κ3) is 4.21. The number of ether oxygens (including phenoxy) is 1. The quantitative estimate of drug-likeness (QED) is 0.877. The van der Waals surface area contributed by atoms with E-state index in [2.05, 4.69) is 4.72 Å². The van der Waals surface area contributed by atoms with Crippen LogP contribution in [0.4, 0.5) is 5.69 Å². The molecule has 0 aliphatic heterocycles. The van der Waals surface area contributed by atoms with Gasteiger partial charge >= 0.3 is 0 Å². The highest BCUT2D eigenvalue weighted by atomic mass is 32.2. The smallest absolute Gasteiger partial charge is 0.296 e. The Morgan fingerprint density at radius 1 is 1.14 bits per heavy atom. The second-order valence-corrected chi connectivity index (χ2v) is 5.51. The number of hydrogen-bond donors (Lipinski definition) is 2. The maximum Gasteiger partial charge on any atom is 0.296 e. The topological polar surface area (TPSA) is 105 Å². The largest absolute Gasteiger partial charge is 0.487 e. The lowest BCUT2D eigenvalue weighted by atomic mass is 10.2. The van der Waals surface area contributed by atoms with Crippen molar-refractivity contribution < 1.29 is 13.2 Å². The summed E-state index contributed by atoms with van der Waals surface area (Å²) in [5.74, 6) is 0.287. The van der Waals surface area contributed by atoms with Crippen LogP contribution < -0.4 is 14.6 Å². The average molecular weight is 303 g/mol. The van der Waals surface area contributed by atoms with Crippen LogP contribution in [0.5, 0.6) is 5.75 Å². The van der Waals surface area contributed by atoms with Crippen molar-refractivity contribution in [3.63, 3.8) is 0 Å². The van der Waals surface area contributed by atoms with Gasteiger partial charge in [-0.1, -0.05) is 36.4 Å². The zero-order valence-corrected chi connectivity index (χ0v) is 11.8. The van der Waals surface area contributed by atoms with Crippen LogP contribution >= 0.6 is 0 Å². The Balaban J connectivity index is 2.24. The lowest BCUT2D eigenvalue weighted by Gasteiger charge is -2.11. The van der Waals surface area contributed by atoms with Gasteiger partial charge in [0, 0.05) is 0 Å². The van der Waals surface area contributed by atoms with Crippen LogP contribution in [0, 0.1) is 11.3 Å². The molecule has 7 heteroatoms. The summed E-state index contributed by atoms with van der Waals surface area (Å²) in [5.41, 5.74) is 1.11. The summed E-state index contributed by atoms with van der Waals surface area (Å²) in [6.45, 7) is 0.272. The highest BCUT2D eigenvalue weighted by Gasteiger charge is 2.12. The molecule has 0 amide bonds. The van der Waals surface area contributed by atoms with E-state index in [4.69, 9.17) is 9.88 Å². The molecule has 2 aromatic carbocycles. The summed E-state index contributed by atoms with van der Waals surface area (Å²) >= 11 is 0. The molecule has 0 radical (unpaired) electrons. The number of benzene rings is 2. The van der Waals surface area contributed by atoms with E-state index in [0.717, 1.165) is 5.56 Å². The summed E-state index contributed by atoms with van der Waals surface area (Å²) in [6.07, 6.45) is 0. The average Bonchev–Trinajstić information content (AvgIpc) is 2.44. The third-order valence-electron chi connectivity index (χ3n) is 2.63. The van der Waals surface area contributed by atoms with E-state index in [1.54, 1.807) is 12.1 Å². The summed E-state index contributed by atoms with van der Waals surface area (Å²) in [7, 11) is -3.95. The fraction of sp³-hybridized carbons (Fsp3) is 0.0714. The molecule has 0 saturated carbocycles. The van der Waals surface area contributed by atoms with Crippen molar-refractivity contribution in [2.45, 2.75) is 6.61 Å². The van der Waals surface area contributed by atoms with Gasteiger partial charge in [-0.2, -0.15) is 13.7 Å². The number of anilines is 1. The first-order valence-corrected chi connectivity index (χ1v) is 7.54. The minimum Gasteiger partial charge on any atom is -0.487 e. The number of nitrogens with two attached hydrogens (primary N) is 1. The maximum absolute atomic E-state index is 11.1. The first-order valence-electron chi connectivity index (χ1n) is 6.00. The van der Waals surface area contributed by atoms with Gasteiger partial charge in [-0.05, 0) is 17.7 Å². The Morgan fingerprint density at radius 2 is 1.86 bits per heavy atom. The van der Waals surface area contributed by atoms with Gasteiger partial charge in [-0.15, -0.1) is 0 Å². The Kier molecular flexibility index (Phi) is 4.42. The van der Waals surface area contributed by atoms with Crippen molar-refractivity contribution in [3.05, 3.63) is 59.7 Å². The molecule has 0 fully saturated rings. The SMILES string of the molecule is N#Cc1c(NS(N)(=O)=O)cccc1OCc1ccccc1. The van der Waals surface area contributed by atoms with Gasteiger partial charge in [0.2, 0.25) is 0 Å². The highest BCUT2D eigenvalue weighted by Crippen LogP contribution is 2.26. The van der Waals surface area contributed by atoms with Crippen LogP contribution in [0.2, 0.25) is 0 Å². The molecule has 0 aliphatic carbocycles. The Labute approximate surface area is 123 Å². The minimum absolute atomic E-state index is 0.0856. The molecule has 21 heavy (non-hydrogen) atoms. The molecule has 2 rings (SSSR count). The van der Waals surface area contributed by atoms with Crippen LogP contribution in [-0.4, -0.2) is 8.42 Å². The number of rotatable bonds is 5. The fourth-order valence-corrected chi connectivity index (χ4v) is 2.22. The number of nitriles is 1. The number of hydrogen-bond acceptors (Lipinski definition) is 4. The van der Waals surface area contributed by atoms with Crippen LogP contribution in [0.15, 0.2) is 48.5 Å². The molecule has 0 heterocycles. The number of nitrogens with one attached hydrogen (secondary N) is 1. The molecule has 0 spiro atoms. The van der Waals surface area contributed by atoms with E-state index in [1.807, 2.05) is 36.4 Å². The Bertz CT molecular complexity index is 768. The van der Waals surface area contributed by atoms with Crippen molar-refractivity contribution in [1.82, 2.24) is 0 Å². The monoisotopic (exact) mass is 303 g/mol. The van der Waals surface area contributed by atoms with Gasteiger partial charge in [0.05, 0.1) is 5.69 Å². The molecule has 0 aromatic heterocycles. The lowest BCUT2D eigenvalue weighted by Crippen LogP contribution is -2.22. The molecule has 2 aromatic rings. The molecule has 6 nitrogen and oxygen atoms in total. The molecule has 0 bridgehead atoms. The highest BCUT2D eigenvalue weighted by molar-refractivity contribution is 7.90. The van der Waals surface area contributed by atoms with Crippen LogP contribution in [0.25, 0.3) is 0 Å². The van der Waals surface area contributed by atoms with E-state index in [-0.39, 0.29) is 23.6 Å². The predicted molar refractivity (Wildman–Crippen MR) is 78.7 cm³/mol. The van der Waals surface area contributed by atoms with Gasteiger partial charge < -0.3 is 4.74 Å². The van der Waals surface area contributed by atoms with Crippen molar-refractivity contribution in [1.29, 1.82) is 5.26 Å². The molecule has 3 N–H and O–H groups in total. The first-order chi connectivity index (χ1) is 9.99. The Hall–Kier alpha value is -2.56. The van der Waals surface area contributed by atoms with E-state index in [0.29, 0.717) is 0 Å². The second kappa shape index (κ2) is 6.26. The zero-order valence-electron chi connectivity index (χ0n) is 11.0. The molecule has 0 atom stereocenters. The van der Waals surface area contributed by atoms with Crippen molar-refractivity contribution >= 4 is 15.9 Å². The Morgan fingerprint density at radius 3 is 2.48 bits per heavy atom. The zero-order chi connectivity index (χ0) is 15.3. The lowest BCUT2D eigenvalue weighted by molar-refractivity contribution is 0.305. The van der Waals surface area contributed by atoms with Crippen molar-refractivity contribution in [3.8, 4) is 11.8 Å². The summed E-state index contributed by atoms with van der Waals surface area (Å²) in [4.78, 5) is 0. The number of nitrogens with zero attached hydrogens (tertiary/aromatic N) is 1. The van der Waals surface area contributed by atoms with E-state index < -0.39 is 10.2 Å². The summed E-state index contributed by atoms with van der Waals surface area (Å²) in [6, 6.07) is 15.9. The van der Waals surface area contributed by atoms with Crippen LogP contribution in [0.1, 0.15) is 11.1 Å². The fourth-order valence-electron chi connectivity index (χ4n) is 1.74. The summed E-state index contributed by atoms with van der Waals surface area (Å²) < 4.78 is 29.8. The molecule has 0 unspecified atom stereocenters. The van der Waals surface area contributed by atoms with Crippen LogP contribution in [0.3, 0.4) is 0 Å². The maximum atomic E-state index is 11.1. The third-order valence-corrected chi connectivity index (χ3v) is 3.13. The van der Waals surface area contributed by atoms with Crippen LogP contribution in [-0.2, 0) is 16.8 Å². The van der Waals surface area contributed by atoms with Gasteiger partial charge in [-0.3, -0.25) is 4.72 Å². The normalized spacial score (nSPS) is 10.7. The minimum atomic E-state index is -3.95. The first kappa shape index (κ1) is 14.8. The van der Waals surface area contributed by atoms with E-state index >= 15 is 0 Å². The summed E-state index contributed by atoms with van der Waals surface area (Å²) in [5, 5.41) is 14.1.